The summed E-state index contributed by atoms with van der Waals surface area (Å²) in [4.78, 5) is 23.4. The van der Waals surface area contributed by atoms with Crippen molar-refractivity contribution in [2.45, 2.75) is 0 Å². The first kappa shape index (κ1) is 18.7. The number of anilines is 1. The average Bonchev–Trinajstić information content (AvgIpc) is 2.53. The van der Waals surface area contributed by atoms with E-state index in [0.29, 0.717) is 11.4 Å². The second kappa shape index (κ2) is 9.63. The molecule has 1 aromatic rings. The number of pyridine rings is 1. The van der Waals surface area contributed by atoms with Gasteiger partial charge in [-0.1, -0.05) is 55.7 Å². The number of rotatable bonds is 8. The molecule has 0 saturated heterocycles. The molecule has 5 nitrogen and oxygen atoms in total. The molecular weight excluding hydrogens is 302 g/mol. The minimum absolute atomic E-state index is 0.227. The van der Waals surface area contributed by atoms with E-state index in [9.17, 15) is 9.59 Å². The van der Waals surface area contributed by atoms with Gasteiger partial charge in [0, 0.05) is 25.0 Å². The standard InChI is InChI=1S/C19H21N3O2/c1-4-6-7-8-9-10-12-15(11-5-2)21-17-13-18(23)22(3)14-16(17)19(20)24/h4-14,21H,1-2H2,3H3,(H2,20,24)/b7-6-,9-8-,12-10-,15-11+. The van der Waals surface area contributed by atoms with Crippen molar-refractivity contribution < 1.29 is 4.79 Å². The number of aryl methyl sites for hydroxylation is 1. The second-order valence-electron chi connectivity index (χ2n) is 4.76. The van der Waals surface area contributed by atoms with Crippen molar-refractivity contribution in [1.82, 2.24) is 4.57 Å². The van der Waals surface area contributed by atoms with Crippen LogP contribution in [0.2, 0.25) is 0 Å². The average molecular weight is 323 g/mol. The van der Waals surface area contributed by atoms with Crippen molar-refractivity contribution in [3.63, 3.8) is 0 Å². The van der Waals surface area contributed by atoms with Gasteiger partial charge in [-0.15, -0.1) is 0 Å². The summed E-state index contributed by atoms with van der Waals surface area (Å²) in [6.45, 7) is 7.23. The van der Waals surface area contributed by atoms with Crippen LogP contribution in [0, 0.1) is 0 Å². The van der Waals surface area contributed by atoms with Gasteiger partial charge in [0.25, 0.3) is 11.5 Å². The van der Waals surface area contributed by atoms with Crippen molar-refractivity contribution >= 4 is 11.6 Å². The number of aromatic nitrogens is 1. The van der Waals surface area contributed by atoms with Gasteiger partial charge in [0.05, 0.1) is 11.3 Å². The van der Waals surface area contributed by atoms with Crippen LogP contribution in [0.15, 0.2) is 90.6 Å². The molecule has 0 aromatic carbocycles. The molecule has 0 unspecified atom stereocenters. The topological polar surface area (TPSA) is 77.1 Å². The van der Waals surface area contributed by atoms with Crippen LogP contribution in [0.4, 0.5) is 5.69 Å². The zero-order chi connectivity index (χ0) is 17.9. The fraction of sp³-hybridized carbons (Fsp3) is 0.0526. The van der Waals surface area contributed by atoms with Gasteiger partial charge in [0.2, 0.25) is 0 Å². The maximum absolute atomic E-state index is 11.8. The highest BCUT2D eigenvalue weighted by molar-refractivity contribution is 5.98. The summed E-state index contributed by atoms with van der Waals surface area (Å²) in [5.74, 6) is -0.621. The monoisotopic (exact) mass is 323 g/mol. The zero-order valence-corrected chi connectivity index (χ0v) is 13.6. The number of primary amides is 1. The number of hydrogen-bond acceptors (Lipinski definition) is 3. The van der Waals surface area contributed by atoms with Crippen LogP contribution in [-0.2, 0) is 7.05 Å². The number of hydrogen-bond donors (Lipinski definition) is 2. The summed E-state index contributed by atoms with van der Waals surface area (Å²) in [6, 6.07) is 1.33. The van der Waals surface area contributed by atoms with Crippen molar-refractivity contribution in [2.75, 3.05) is 5.32 Å². The molecule has 124 valence electrons. The van der Waals surface area contributed by atoms with Crippen LogP contribution in [-0.4, -0.2) is 10.5 Å². The Labute approximate surface area is 141 Å². The summed E-state index contributed by atoms with van der Waals surface area (Å²) in [5, 5.41) is 3.02. The highest BCUT2D eigenvalue weighted by atomic mass is 16.1. The van der Waals surface area contributed by atoms with Crippen LogP contribution in [0.25, 0.3) is 0 Å². The molecule has 0 spiro atoms. The van der Waals surface area contributed by atoms with Gasteiger partial charge in [-0.25, -0.2) is 0 Å². The Morgan fingerprint density at radius 1 is 1.17 bits per heavy atom. The molecule has 0 aliphatic carbocycles. The zero-order valence-electron chi connectivity index (χ0n) is 13.6. The van der Waals surface area contributed by atoms with E-state index >= 15 is 0 Å². The Bertz CT molecular complexity index is 793. The lowest BCUT2D eigenvalue weighted by atomic mass is 10.2. The molecule has 0 atom stereocenters. The van der Waals surface area contributed by atoms with Gasteiger partial charge in [-0.2, -0.15) is 0 Å². The molecule has 24 heavy (non-hydrogen) atoms. The van der Waals surface area contributed by atoms with E-state index in [0.717, 1.165) is 0 Å². The number of allylic oxidation sites excluding steroid dienone is 9. The third-order valence-corrected chi connectivity index (χ3v) is 2.93. The summed E-state index contributed by atoms with van der Waals surface area (Å²) < 4.78 is 1.30. The van der Waals surface area contributed by atoms with Gasteiger partial charge in [-0.3, -0.25) is 9.59 Å². The van der Waals surface area contributed by atoms with E-state index in [2.05, 4.69) is 18.5 Å². The van der Waals surface area contributed by atoms with Crippen LogP contribution in [0.5, 0.6) is 0 Å². The van der Waals surface area contributed by atoms with Crippen LogP contribution < -0.4 is 16.6 Å². The quantitative estimate of drug-likeness (QED) is 0.722. The number of nitrogens with zero attached hydrogens (tertiary/aromatic N) is 1. The van der Waals surface area contributed by atoms with Crippen molar-refractivity contribution in [1.29, 1.82) is 0 Å². The maximum atomic E-state index is 11.8. The Kier molecular flexibility index (Phi) is 7.51. The van der Waals surface area contributed by atoms with Crippen LogP contribution in [0.1, 0.15) is 10.4 Å². The summed E-state index contributed by atoms with van der Waals surface area (Å²) in [7, 11) is 1.56. The Morgan fingerprint density at radius 2 is 1.83 bits per heavy atom. The predicted octanol–water partition coefficient (Wildman–Crippen LogP) is 2.82. The lowest BCUT2D eigenvalue weighted by Crippen LogP contribution is -2.22. The molecule has 0 bridgehead atoms. The number of carbonyl (C=O) groups is 1. The van der Waals surface area contributed by atoms with Crippen molar-refractivity contribution in [3.05, 3.63) is 102 Å². The minimum Gasteiger partial charge on any atom is -0.365 e. The predicted molar refractivity (Wildman–Crippen MR) is 99.7 cm³/mol. The van der Waals surface area contributed by atoms with Crippen molar-refractivity contribution in [2.24, 2.45) is 12.8 Å². The van der Waals surface area contributed by atoms with E-state index < -0.39 is 5.91 Å². The normalized spacial score (nSPS) is 12.1. The van der Waals surface area contributed by atoms with E-state index in [1.807, 2.05) is 24.3 Å². The molecular formula is C19H21N3O2. The second-order valence-corrected chi connectivity index (χ2v) is 4.76. The highest BCUT2D eigenvalue weighted by Gasteiger charge is 2.10. The molecule has 0 radical (unpaired) electrons. The fourth-order valence-corrected chi connectivity index (χ4v) is 1.78. The SMILES string of the molecule is C=C\C=C/C=C\C=C/C(=C\C=C)Nc1cc(=O)n(C)cc1C(N)=O. The van der Waals surface area contributed by atoms with E-state index in [-0.39, 0.29) is 11.1 Å². The molecule has 5 heteroatoms. The summed E-state index contributed by atoms with van der Waals surface area (Å²) >= 11 is 0. The van der Waals surface area contributed by atoms with Gasteiger partial charge in [0.1, 0.15) is 0 Å². The van der Waals surface area contributed by atoms with Crippen LogP contribution >= 0.6 is 0 Å². The molecule has 1 aromatic heterocycles. The molecule has 0 fully saturated rings. The molecule has 1 amide bonds. The first-order valence-corrected chi connectivity index (χ1v) is 7.22. The van der Waals surface area contributed by atoms with Crippen molar-refractivity contribution in [3.8, 4) is 0 Å². The number of amides is 1. The molecule has 1 rings (SSSR count). The Morgan fingerprint density at radius 3 is 2.46 bits per heavy atom. The lowest BCUT2D eigenvalue weighted by Gasteiger charge is -2.11. The first-order chi connectivity index (χ1) is 11.5. The van der Waals surface area contributed by atoms with E-state index in [1.54, 1.807) is 37.4 Å². The van der Waals surface area contributed by atoms with Gasteiger partial charge in [-0.05, 0) is 12.2 Å². The highest BCUT2D eigenvalue weighted by Crippen LogP contribution is 2.15. The number of carbonyl (C=O) groups excluding carboxylic acids is 1. The fourth-order valence-electron chi connectivity index (χ4n) is 1.78. The molecule has 1 heterocycles. The molecule has 0 saturated carbocycles. The lowest BCUT2D eigenvalue weighted by molar-refractivity contribution is 0.100. The van der Waals surface area contributed by atoms with E-state index in [4.69, 9.17) is 5.73 Å². The Hall–Kier alpha value is -3.34. The largest absolute Gasteiger partial charge is 0.365 e. The smallest absolute Gasteiger partial charge is 0.252 e. The van der Waals surface area contributed by atoms with Crippen LogP contribution in [0.3, 0.4) is 0 Å². The van der Waals surface area contributed by atoms with Gasteiger partial charge < -0.3 is 15.6 Å². The minimum atomic E-state index is -0.621. The summed E-state index contributed by atoms with van der Waals surface area (Å²) in [5.41, 5.74) is 6.35. The van der Waals surface area contributed by atoms with E-state index in [1.165, 1.54) is 16.8 Å². The third-order valence-electron chi connectivity index (χ3n) is 2.93. The summed E-state index contributed by atoms with van der Waals surface area (Å²) in [6.07, 6.45) is 17.3. The molecule has 0 aliphatic heterocycles. The molecule has 0 aliphatic rings. The maximum Gasteiger partial charge on any atom is 0.252 e. The Balaban J connectivity index is 3.07. The number of nitrogens with two attached hydrogens (primary N) is 1. The number of nitrogens with one attached hydrogen (secondary N) is 1. The van der Waals surface area contributed by atoms with Gasteiger partial charge in [0.15, 0.2) is 0 Å². The first-order valence-electron chi connectivity index (χ1n) is 7.22. The van der Waals surface area contributed by atoms with Gasteiger partial charge >= 0.3 is 0 Å². The third kappa shape index (κ3) is 5.81. The molecule has 3 N–H and O–H groups in total.